The van der Waals surface area contributed by atoms with Crippen LogP contribution < -0.4 is 5.32 Å². The van der Waals surface area contributed by atoms with Crippen molar-refractivity contribution >= 4 is 17.4 Å². The van der Waals surface area contributed by atoms with E-state index in [1.54, 1.807) is 6.20 Å². The van der Waals surface area contributed by atoms with Crippen LogP contribution in [-0.4, -0.2) is 26.3 Å². The van der Waals surface area contributed by atoms with Gasteiger partial charge in [-0.25, -0.2) is 9.97 Å². The third-order valence-corrected chi connectivity index (χ3v) is 2.52. The van der Waals surface area contributed by atoms with E-state index >= 15 is 0 Å². The van der Waals surface area contributed by atoms with Gasteiger partial charge in [0.15, 0.2) is 0 Å². The minimum atomic E-state index is 0.257. The van der Waals surface area contributed by atoms with Crippen LogP contribution in [0.3, 0.4) is 0 Å². The highest BCUT2D eigenvalue weighted by atomic mass is 35.5. The molecule has 0 aliphatic rings. The molecule has 0 fully saturated rings. The highest BCUT2D eigenvalue weighted by molar-refractivity contribution is 6.28. The van der Waals surface area contributed by atoms with Gasteiger partial charge in [0.1, 0.15) is 5.82 Å². The summed E-state index contributed by atoms with van der Waals surface area (Å²) in [6, 6.07) is 0. The lowest BCUT2D eigenvalue weighted by Gasteiger charge is -2.08. The second-order valence-corrected chi connectivity index (χ2v) is 4.22. The zero-order valence-corrected chi connectivity index (χ0v) is 10.6. The fraction of sp³-hybridized carbons (Fsp3) is 0.364. The Morgan fingerprint density at radius 2 is 2.18 bits per heavy atom. The molecule has 0 bridgehead atoms. The molecule has 0 aliphatic heterocycles. The molecule has 90 valence electrons. The molecule has 0 saturated carbocycles. The van der Waals surface area contributed by atoms with Crippen LogP contribution in [0.15, 0.2) is 18.6 Å². The maximum absolute atomic E-state index is 5.74. The smallest absolute Gasteiger partial charge is 0.224 e. The van der Waals surface area contributed by atoms with Gasteiger partial charge in [-0.1, -0.05) is 0 Å². The summed E-state index contributed by atoms with van der Waals surface area (Å²) in [4.78, 5) is 8.03. The van der Waals surface area contributed by atoms with Crippen LogP contribution >= 0.6 is 11.6 Å². The molecule has 2 aromatic rings. The van der Waals surface area contributed by atoms with Crippen LogP contribution in [0.25, 0.3) is 0 Å². The topological polar surface area (TPSA) is 55.6 Å². The van der Waals surface area contributed by atoms with Crippen LogP contribution in [0.5, 0.6) is 0 Å². The van der Waals surface area contributed by atoms with E-state index in [0.29, 0.717) is 0 Å². The molecule has 2 aromatic heterocycles. The first kappa shape index (κ1) is 11.9. The van der Waals surface area contributed by atoms with Crippen molar-refractivity contribution in [3.8, 4) is 0 Å². The summed E-state index contributed by atoms with van der Waals surface area (Å²) in [5, 5.41) is 7.68. The Morgan fingerprint density at radius 3 is 2.88 bits per heavy atom. The molecule has 0 radical (unpaired) electrons. The fourth-order valence-corrected chi connectivity index (χ4v) is 1.61. The molecule has 0 spiro atoms. The van der Waals surface area contributed by atoms with Gasteiger partial charge < -0.3 is 5.32 Å². The standard InChI is InChI=1S/C11H14ClN5/c1-8-5-15-17(7-8)4-3-13-10-9(2)6-14-11(12)16-10/h5-7H,3-4H2,1-2H3,(H,13,14,16). The van der Waals surface area contributed by atoms with Gasteiger partial charge in [0.05, 0.1) is 12.7 Å². The second kappa shape index (κ2) is 5.14. The number of rotatable bonds is 4. The number of nitrogens with zero attached hydrogens (tertiary/aromatic N) is 4. The SMILES string of the molecule is Cc1cnn(CCNc2nc(Cl)ncc2C)c1. The zero-order chi connectivity index (χ0) is 12.3. The molecule has 0 aromatic carbocycles. The Balaban J connectivity index is 1.91. The van der Waals surface area contributed by atoms with Gasteiger partial charge in [0.2, 0.25) is 5.28 Å². The number of aryl methyl sites for hydroxylation is 2. The van der Waals surface area contributed by atoms with Gasteiger partial charge in [-0.05, 0) is 31.0 Å². The molecule has 0 atom stereocenters. The van der Waals surface area contributed by atoms with Gasteiger partial charge in [-0.15, -0.1) is 0 Å². The van der Waals surface area contributed by atoms with E-state index in [1.165, 1.54) is 0 Å². The van der Waals surface area contributed by atoms with Crippen LogP contribution in [0.1, 0.15) is 11.1 Å². The van der Waals surface area contributed by atoms with Crippen molar-refractivity contribution in [2.75, 3.05) is 11.9 Å². The lowest BCUT2D eigenvalue weighted by atomic mass is 10.3. The fourth-order valence-electron chi connectivity index (χ4n) is 1.48. The van der Waals surface area contributed by atoms with E-state index < -0.39 is 0 Å². The molecule has 2 heterocycles. The third-order valence-electron chi connectivity index (χ3n) is 2.34. The van der Waals surface area contributed by atoms with Gasteiger partial charge in [-0.2, -0.15) is 5.10 Å². The molecule has 0 unspecified atom stereocenters. The molecule has 5 nitrogen and oxygen atoms in total. The first-order valence-electron chi connectivity index (χ1n) is 5.37. The number of anilines is 1. The highest BCUT2D eigenvalue weighted by Crippen LogP contribution is 2.12. The Morgan fingerprint density at radius 1 is 1.35 bits per heavy atom. The Hall–Kier alpha value is -1.62. The predicted molar refractivity (Wildman–Crippen MR) is 67.2 cm³/mol. The summed E-state index contributed by atoms with van der Waals surface area (Å²) >= 11 is 5.74. The van der Waals surface area contributed by atoms with E-state index in [0.717, 1.165) is 30.0 Å². The lowest BCUT2D eigenvalue weighted by molar-refractivity contribution is 0.636. The molecule has 0 aliphatic carbocycles. The quantitative estimate of drug-likeness (QED) is 0.845. The third kappa shape index (κ3) is 3.17. The van der Waals surface area contributed by atoms with Crippen molar-refractivity contribution in [3.05, 3.63) is 35.0 Å². The summed E-state index contributed by atoms with van der Waals surface area (Å²) in [5.74, 6) is 0.772. The Labute approximate surface area is 105 Å². The largest absolute Gasteiger partial charge is 0.368 e. The van der Waals surface area contributed by atoms with Crippen LogP contribution in [-0.2, 0) is 6.54 Å². The molecule has 0 saturated heterocycles. The van der Waals surface area contributed by atoms with Crippen LogP contribution in [0.4, 0.5) is 5.82 Å². The van der Waals surface area contributed by atoms with E-state index in [2.05, 4.69) is 20.4 Å². The lowest BCUT2D eigenvalue weighted by Crippen LogP contribution is -2.12. The summed E-state index contributed by atoms with van der Waals surface area (Å²) in [6.07, 6.45) is 5.55. The average molecular weight is 252 g/mol. The monoisotopic (exact) mass is 251 g/mol. The predicted octanol–water partition coefficient (Wildman–Crippen LogP) is 2.06. The van der Waals surface area contributed by atoms with Crippen molar-refractivity contribution < 1.29 is 0 Å². The summed E-state index contributed by atoms with van der Waals surface area (Å²) in [6.45, 7) is 5.49. The molecule has 17 heavy (non-hydrogen) atoms. The van der Waals surface area contributed by atoms with Crippen molar-refractivity contribution in [2.24, 2.45) is 0 Å². The maximum Gasteiger partial charge on any atom is 0.224 e. The van der Waals surface area contributed by atoms with Gasteiger partial charge >= 0.3 is 0 Å². The molecular weight excluding hydrogens is 238 g/mol. The number of halogens is 1. The van der Waals surface area contributed by atoms with Crippen LogP contribution in [0, 0.1) is 13.8 Å². The van der Waals surface area contributed by atoms with Crippen molar-refractivity contribution in [3.63, 3.8) is 0 Å². The average Bonchev–Trinajstić information content (AvgIpc) is 2.69. The molecular formula is C11H14ClN5. The minimum Gasteiger partial charge on any atom is -0.368 e. The highest BCUT2D eigenvalue weighted by Gasteiger charge is 2.01. The Bertz CT molecular complexity index is 508. The van der Waals surface area contributed by atoms with E-state index in [-0.39, 0.29) is 5.28 Å². The van der Waals surface area contributed by atoms with E-state index in [1.807, 2.05) is 30.9 Å². The maximum atomic E-state index is 5.74. The number of hydrogen-bond donors (Lipinski definition) is 1. The van der Waals surface area contributed by atoms with Gasteiger partial charge in [0, 0.05) is 24.5 Å². The molecule has 2 rings (SSSR count). The second-order valence-electron chi connectivity index (χ2n) is 3.88. The molecule has 0 amide bonds. The number of hydrogen-bond acceptors (Lipinski definition) is 4. The zero-order valence-electron chi connectivity index (χ0n) is 9.81. The van der Waals surface area contributed by atoms with Crippen LogP contribution in [0.2, 0.25) is 5.28 Å². The van der Waals surface area contributed by atoms with E-state index in [9.17, 15) is 0 Å². The van der Waals surface area contributed by atoms with Crippen molar-refractivity contribution in [2.45, 2.75) is 20.4 Å². The summed E-state index contributed by atoms with van der Waals surface area (Å²) in [5.41, 5.74) is 2.14. The van der Waals surface area contributed by atoms with Gasteiger partial charge in [0.25, 0.3) is 0 Å². The van der Waals surface area contributed by atoms with Crippen molar-refractivity contribution in [1.82, 2.24) is 19.7 Å². The van der Waals surface area contributed by atoms with Gasteiger partial charge in [-0.3, -0.25) is 4.68 Å². The van der Waals surface area contributed by atoms with Crippen molar-refractivity contribution in [1.29, 1.82) is 0 Å². The first-order valence-corrected chi connectivity index (χ1v) is 5.75. The van der Waals surface area contributed by atoms with E-state index in [4.69, 9.17) is 11.6 Å². The number of aromatic nitrogens is 4. The normalized spacial score (nSPS) is 10.5. The molecule has 1 N–H and O–H groups in total. The molecule has 6 heteroatoms. The first-order chi connectivity index (χ1) is 8.15. The summed E-state index contributed by atoms with van der Waals surface area (Å²) < 4.78 is 1.89. The summed E-state index contributed by atoms with van der Waals surface area (Å²) in [7, 11) is 0. The Kier molecular flexibility index (Phi) is 3.58. The minimum absolute atomic E-state index is 0.257. The number of nitrogens with one attached hydrogen (secondary N) is 1.